The Morgan fingerprint density at radius 2 is 0.881 bits per heavy atom. The Kier molecular flexibility index (Phi) is 9.60. The van der Waals surface area contributed by atoms with Crippen molar-refractivity contribution in [2.75, 3.05) is 0 Å². The fraction of sp³-hybridized carbons (Fsp3) is 0.457. The molecule has 0 saturated heterocycles. The standard InChI is InChI=1S/C25H18O7.2C5H10/c1-3-17(26)19-22(29)13-7-5-11(9-15(13)24(19)31)21(28)12-6-8-14-16(10-12)25(32)20(23(14)30)18(27)4-2;2*1-5-3-2-4-5/h5-10,19-20H,3-4H2,1-2H3;2*5H,2-4H2,1H3. The molecule has 2 saturated carbocycles. The average Bonchev–Trinajstić information content (AvgIpc) is 3.37. The second-order valence-electron chi connectivity index (χ2n) is 11.9. The summed E-state index contributed by atoms with van der Waals surface area (Å²) >= 11 is 0. The van der Waals surface area contributed by atoms with E-state index >= 15 is 0 Å². The second kappa shape index (κ2) is 13.0. The number of ketones is 7. The molecule has 4 aliphatic rings. The molecule has 0 aromatic heterocycles. The molecule has 42 heavy (non-hydrogen) atoms. The minimum atomic E-state index is -1.36. The number of hydrogen-bond acceptors (Lipinski definition) is 7. The van der Waals surface area contributed by atoms with Gasteiger partial charge in [0.05, 0.1) is 0 Å². The number of carbonyl (C=O) groups excluding carboxylic acids is 7. The maximum Gasteiger partial charge on any atom is 0.193 e. The fourth-order valence-corrected chi connectivity index (χ4v) is 5.45. The van der Waals surface area contributed by atoms with E-state index in [1.54, 1.807) is 13.8 Å². The number of hydrogen-bond donors (Lipinski definition) is 0. The Morgan fingerprint density at radius 1 is 0.571 bits per heavy atom. The van der Waals surface area contributed by atoms with E-state index in [2.05, 4.69) is 13.8 Å². The first-order valence-electron chi connectivity index (χ1n) is 15.0. The monoisotopic (exact) mass is 570 g/mol. The number of benzene rings is 2. The summed E-state index contributed by atoms with van der Waals surface area (Å²) < 4.78 is 0. The smallest absolute Gasteiger partial charge is 0.193 e. The Bertz CT molecular complexity index is 1360. The number of Topliss-reactive ketones (excluding diaryl/α,β-unsaturated/α-hetero) is 6. The first-order chi connectivity index (χ1) is 20.0. The van der Waals surface area contributed by atoms with E-state index in [4.69, 9.17) is 0 Å². The van der Waals surface area contributed by atoms with E-state index in [1.807, 2.05) is 0 Å². The van der Waals surface area contributed by atoms with Gasteiger partial charge in [0.25, 0.3) is 0 Å². The summed E-state index contributed by atoms with van der Waals surface area (Å²) in [5, 5.41) is 0. The van der Waals surface area contributed by atoms with Crippen LogP contribution in [0.3, 0.4) is 0 Å². The topological polar surface area (TPSA) is 119 Å². The lowest BCUT2D eigenvalue weighted by Crippen LogP contribution is -2.24. The van der Waals surface area contributed by atoms with Gasteiger partial charge in [0, 0.05) is 46.2 Å². The van der Waals surface area contributed by atoms with Crippen molar-refractivity contribution in [2.45, 2.75) is 79.1 Å². The van der Waals surface area contributed by atoms with Crippen LogP contribution in [0, 0.1) is 23.7 Å². The number of rotatable bonds is 6. The molecule has 0 aliphatic heterocycles. The molecule has 0 bridgehead atoms. The van der Waals surface area contributed by atoms with E-state index in [1.165, 1.54) is 74.9 Å². The van der Waals surface area contributed by atoms with Crippen molar-refractivity contribution in [3.05, 3.63) is 69.8 Å². The maximum absolute atomic E-state index is 13.0. The minimum Gasteiger partial charge on any atom is -0.298 e. The molecule has 4 aliphatic carbocycles. The van der Waals surface area contributed by atoms with Crippen LogP contribution in [0.5, 0.6) is 0 Å². The van der Waals surface area contributed by atoms with Gasteiger partial charge in [-0.05, 0) is 36.1 Å². The van der Waals surface area contributed by atoms with Crippen LogP contribution in [0.4, 0.5) is 0 Å². The molecule has 220 valence electrons. The molecule has 0 heterocycles. The summed E-state index contributed by atoms with van der Waals surface area (Å²) in [4.78, 5) is 87.2. The zero-order valence-electron chi connectivity index (χ0n) is 24.8. The van der Waals surface area contributed by atoms with Crippen LogP contribution in [-0.4, -0.2) is 40.5 Å². The van der Waals surface area contributed by atoms with Gasteiger partial charge in [-0.2, -0.15) is 0 Å². The van der Waals surface area contributed by atoms with Crippen LogP contribution in [-0.2, 0) is 9.59 Å². The molecule has 0 N–H and O–H groups in total. The zero-order chi connectivity index (χ0) is 30.7. The molecular formula is C35H38O7. The van der Waals surface area contributed by atoms with Crippen molar-refractivity contribution in [2.24, 2.45) is 23.7 Å². The predicted octanol–water partition coefficient (Wildman–Crippen LogP) is 6.48. The van der Waals surface area contributed by atoms with Crippen LogP contribution in [0.15, 0.2) is 36.4 Å². The van der Waals surface area contributed by atoms with Crippen LogP contribution in [0.25, 0.3) is 0 Å². The summed E-state index contributed by atoms with van der Waals surface area (Å²) in [6.45, 7) is 7.76. The second-order valence-corrected chi connectivity index (χ2v) is 11.9. The van der Waals surface area contributed by atoms with Crippen molar-refractivity contribution in [3.8, 4) is 0 Å². The molecule has 2 aromatic carbocycles. The largest absolute Gasteiger partial charge is 0.298 e. The third-order valence-electron chi connectivity index (χ3n) is 8.80. The highest BCUT2D eigenvalue weighted by Gasteiger charge is 2.44. The van der Waals surface area contributed by atoms with Gasteiger partial charge in [0.15, 0.2) is 40.5 Å². The van der Waals surface area contributed by atoms with Gasteiger partial charge in [-0.25, -0.2) is 0 Å². The van der Waals surface area contributed by atoms with Crippen molar-refractivity contribution < 1.29 is 33.6 Å². The SMILES string of the molecule is CC1CCC1.CC1CCC1.CCC(=O)C1C(=O)c2ccc(C(=O)c3ccc4c(c3)C(=O)C(C(=O)CC)C4=O)cc2C1=O. The van der Waals surface area contributed by atoms with Crippen molar-refractivity contribution >= 4 is 40.5 Å². The van der Waals surface area contributed by atoms with Crippen LogP contribution in [0.2, 0.25) is 0 Å². The summed E-state index contributed by atoms with van der Waals surface area (Å²) in [5.41, 5.74) is 0.463. The highest BCUT2D eigenvalue weighted by atomic mass is 16.2. The molecule has 0 spiro atoms. The third kappa shape index (κ3) is 6.01. The lowest BCUT2D eigenvalue weighted by molar-refractivity contribution is -0.120. The molecule has 0 amide bonds. The van der Waals surface area contributed by atoms with E-state index in [0.717, 1.165) is 11.8 Å². The fourth-order valence-electron chi connectivity index (χ4n) is 5.45. The molecular weight excluding hydrogens is 532 g/mol. The molecule has 7 heteroatoms. The first-order valence-corrected chi connectivity index (χ1v) is 15.0. The molecule has 2 atom stereocenters. The number of carbonyl (C=O) groups is 7. The normalized spacial score (nSPS) is 20.8. The molecule has 2 unspecified atom stereocenters. The first kappa shape index (κ1) is 31.1. The van der Waals surface area contributed by atoms with Crippen molar-refractivity contribution in [3.63, 3.8) is 0 Å². The molecule has 0 radical (unpaired) electrons. The summed E-state index contributed by atoms with van der Waals surface area (Å²) in [5.74, 6) is -4.44. The Hall–Kier alpha value is -3.87. The van der Waals surface area contributed by atoms with E-state index in [9.17, 15) is 33.6 Å². The average molecular weight is 571 g/mol. The predicted molar refractivity (Wildman–Crippen MR) is 157 cm³/mol. The van der Waals surface area contributed by atoms with Crippen molar-refractivity contribution in [1.29, 1.82) is 0 Å². The lowest BCUT2D eigenvalue weighted by Gasteiger charge is -2.18. The zero-order valence-corrected chi connectivity index (χ0v) is 24.8. The highest BCUT2D eigenvalue weighted by Crippen LogP contribution is 2.32. The Morgan fingerprint density at radius 3 is 1.14 bits per heavy atom. The van der Waals surface area contributed by atoms with Gasteiger partial charge in [-0.3, -0.25) is 33.6 Å². The molecule has 2 aromatic rings. The Labute approximate surface area is 246 Å². The van der Waals surface area contributed by atoms with E-state index in [0.29, 0.717) is 0 Å². The van der Waals surface area contributed by atoms with E-state index < -0.39 is 52.3 Å². The number of fused-ring (bicyclic) bond motifs is 2. The lowest BCUT2D eigenvalue weighted by atomic mass is 9.88. The minimum absolute atomic E-state index is 0.0219. The van der Waals surface area contributed by atoms with Gasteiger partial charge >= 0.3 is 0 Å². The quantitative estimate of drug-likeness (QED) is 0.288. The Balaban J connectivity index is 0.000000339. The molecule has 6 rings (SSSR count). The van der Waals surface area contributed by atoms with Crippen LogP contribution >= 0.6 is 0 Å². The molecule has 7 nitrogen and oxygen atoms in total. The van der Waals surface area contributed by atoms with Gasteiger partial charge in [0.1, 0.15) is 11.8 Å². The van der Waals surface area contributed by atoms with Gasteiger partial charge in [-0.15, -0.1) is 0 Å². The highest BCUT2D eigenvalue weighted by molar-refractivity contribution is 6.37. The van der Waals surface area contributed by atoms with Crippen molar-refractivity contribution in [1.82, 2.24) is 0 Å². The maximum atomic E-state index is 13.0. The van der Waals surface area contributed by atoms with Gasteiger partial charge < -0.3 is 0 Å². The van der Waals surface area contributed by atoms with Crippen LogP contribution in [0.1, 0.15) is 136 Å². The van der Waals surface area contributed by atoms with E-state index in [-0.39, 0.29) is 46.2 Å². The summed E-state index contributed by atoms with van der Waals surface area (Å²) in [6, 6.07) is 8.03. The summed E-state index contributed by atoms with van der Waals surface area (Å²) in [6.07, 6.45) is 9.01. The molecule has 2 fully saturated rings. The third-order valence-corrected chi connectivity index (χ3v) is 8.80. The van der Waals surface area contributed by atoms with Gasteiger partial charge in [0.2, 0.25) is 0 Å². The summed E-state index contributed by atoms with van der Waals surface area (Å²) in [7, 11) is 0. The van der Waals surface area contributed by atoms with Crippen LogP contribution < -0.4 is 0 Å². The van der Waals surface area contributed by atoms with Gasteiger partial charge in [-0.1, -0.05) is 78.4 Å².